The summed E-state index contributed by atoms with van der Waals surface area (Å²) in [6.45, 7) is 1.73. The molecule has 2 aromatic rings. The summed E-state index contributed by atoms with van der Waals surface area (Å²) in [6, 6.07) is 12.1. The van der Waals surface area contributed by atoms with Crippen molar-refractivity contribution in [3.8, 4) is 5.75 Å². The maximum atomic E-state index is 13.1. The van der Waals surface area contributed by atoms with Gasteiger partial charge < -0.3 is 19.7 Å². The van der Waals surface area contributed by atoms with E-state index in [2.05, 4.69) is 5.32 Å². The van der Waals surface area contributed by atoms with Crippen LogP contribution in [0.2, 0.25) is 0 Å². The largest absolute Gasteiger partial charge is 0.484 e. The first-order valence-electron chi connectivity index (χ1n) is 8.45. The lowest BCUT2D eigenvalue weighted by molar-refractivity contribution is -0.137. The second-order valence-corrected chi connectivity index (χ2v) is 5.98. The topological polar surface area (TPSA) is 50.8 Å². The maximum Gasteiger partial charge on any atom is 0.416 e. The number of morpholine rings is 1. The van der Waals surface area contributed by atoms with Crippen LogP contribution in [-0.4, -0.2) is 38.8 Å². The molecule has 1 fully saturated rings. The molecule has 27 heavy (non-hydrogen) atoms. The van der Waals surface area contributed by atoms with Crippen molar-refractivity contribution in [2.45, 2.75) is 6.18 Å². The Balaban J connectivity index is 1.76. The third-order valence-corrected chi connectivity index (χ3v) is 4.06. The van der Waals surface area contributed by atoms with Gasteiger partial charge in [-0.25, -0.2) is 0 Å². The summed E-state index contributed by atoms with van der Waals surface area (Å²) < 4.78 is 49.9. The van der Waals surface area contributed by atoms with Gasteiger partial charge in [-0.1, -0.05) is 18.2 Å². The summed E-state index contributed by atoms with van der Waals surface area (Å²) >= 11 is 0. The quantitative estimate of drug-likeness (QED) is 0.862. The highest BCUT2D eigenvalue weighted by molar-refractivity contribution is 5.95. The Morgan fingerprint density at radius 1 is 1.11 bits per heavy atom. The molecule has 1 aliphatic heterocycles. The van der Waals surface area contributed by atoms with E-state index in [0.29, 0.717) is 37.7 Å². The molecule has 0 bridgehead atoms. The highest BCUT2D eigenvalue weighted by Gasteiger charge is 2.32. The summed E-state index contributed by atoms with van der Waals surface area (Å²) in [5, 5.41) is 2.54. The number of para-hydroxylation sites is 1. The fourth-order valence-corrected chi connectivity index (χ4v) is 2.74. The first-order valence-corrected chi connectivity index (χ1v) is 8.45. The minimum absolute atomic E-state index is 0.105. The van der Waals surface area contributed by atoms with Crippen molar-refractivity contribution < 1.29 is 27.4 Å². The lowest BCUT2D eigenvalue weighted by Gasteiger charge is -2.31. The second-order valence-electron chi connectivity index (χ2n) is 5.98. The monoisotopic (exact) mass is 380 g/mol. The summed E-state index contributed by atoms with van der Waals surface area (Å²) in [4.78, 5) is 14.1. The minimum atomic E-state index is -4.50. The van der Waals surface area contributed by atoms with Crippen LogP contribution < -0.4 is 15.0 Å². The zero-order chi connectivity index (χ0) is 19.3. The van der Waals surface area contributed by atoms with E-state index in [0.717, 1.165) is 12.1 Å². The normalized spacial score (nSPS) is 14.7. The standard InChI is InChI=1S/C19H19F3N2O3/c20-19(21,22)14-6-7-17(24-8-10-26-11-9-24)16(12-14)23-18(25)13-27-15-4-2-1-3-5-15/h1-7,12H,8-11,13H2,(H,23,25). The fourth-order valence-electron chi connectivity index (χ4n) is 2.74. The Morgan fingerprint density at radius 3 is 2.48 bits per heavy atom. The Labute approximate surface area is 154 Å². The Bertz CT molecular complexity index is 776. The number of halogens is 3. The highest BCUT2D eigenvalue weighted by atomic mass is 19.4. The van der Waals surface area contributed by atoms with Crippen LogP contribution in [0.1, 0.15) is 5.56 Å². The SMILES string of the molecule is O=C(COc1ccccc1)Nc1cc(C(F)(F)F)ccc1N1CCOCC1. The van der Waals surface area contributed by atoms with Gasteiger partial charge in [-0.3, -0.25) is 4.79 Å². The Kier molecular flexibility index (Phi) is 5.85. The van der Waals surface area contributed by atoms with Gasteiger partial charge in [-0.2, -0.15) is 13.2 Å². The van der Waals surface area contributed by atoms with Crippen LogP contribution in [0.3, 0.4) is 0 Å². The molecular formula is C19H19F3N2O3. The zero-order valence-electron chi connectivity index (χ0n) is 14.5. The lowest BCUT2D eigenvalue weighted by Crippen LogP contribution is -2.37. The van der Waals surface area contributed by atoms with Crippen LogP contribution in [0, 0.1) is 0 Å². The zero-order valence-corrected chi connectivity index (χ0v) is 14.5. The second kappa shape index (κ2) is 8.30. The average Bonchev–Trinajstić information content (AvgIpc) is 2.67. The number of amides is 1. The average molecular weight is 380 g/mol. The number of anilines is 2. The number of nitrogens with zero attached hydrogens (tertiary/aromatic N) is 1. The molecule has 0 spiro atoms. The highest BCUT2D eigenvalue weighted by Crippen LogP contribution is 2.35. The fraction of sp³-hybridized carbons (Fsp3) is 0.316. The van der Waals surface area contributed by atoms with Crippen molar-refractivity contribution in [1.82, 2.24) is 0 Å². The van der Waals surface area contributed by atoms with Crippen molar-refractivity contribution in [2.75, 3.05) is 43.1 Å². The number of ether oxygens (including phenoxy) is 2. The Hall–Kier alpha value is -2.74. The number of alkyl halides is 3. The van der Waals surface area contributed by atoms with Crippen molar-refractivity contribution in [3.63, 3.8) is 0 Å². The molecule has 2 aromatic carbocycles. The molecule has 0 aliphatic carbocycles. The van der Waals surface area contributed by atoms with E-state index in [1.54, 1.807) is 24.3 Å². The van der Waals surface area contributed by atoms with Crippen LogP contribution in [0.4, 0.5) is 24.5 Å². The number of rotatable bonds is 5. The van der Waals surface area contributed by atoms with Gasteiger partial charge in [0.15, 0.2) is 6.61 Å². The maximum absolute atomic E-state index is 13.1. The van der Waals surface area contributed by atoms with Crippen LogP contribution in [0.15, 0.2) is 48.5 Å². The molecule has 8 heteroatoms. The molecule has 3 rings (SSSR count). The van der Waals surface area contributed by atoms with E-state index in [4.69, 9.17) is 9.47 Å². The van der Waals surface area contributed by atoms with Crippen molar-refractivity contribution in [1.29, 1.82) is 0 Å². The summed E-state index contributed by atoms with van der Waals surface area (Å²) in [5.74, 6) is -0.0298. The predicted molar refractivity (Wildman–Crippen MR) is 95.0 cm³/mol. The molecule has 0 atom stereocenters. The summed E-state index contributed by atoms with van der Waals surface area (Å²) in [5.41, 5.74) is -0.188. The minimum Gasteiger partial charge on any atom is -0.484 e. The molecule has 144 valence electrons. The molecule has 1 N–H and O–H groups in total. The third kappa shape index (κ3) is 5.13. The van der Waals surface area contributed by atoms with Gasteiger partial charge in [0.25, 0.3) is 5.91 Å². The number of benzene rings is 2. The van der Waals surface area contributed by atoms with Gasteiger partial charge in [0.05, 0.1) is 30.2 Å². The van der Waals surface area contributed by atoms with Crippen molar-refractivity contribution in [3.05, 3.63) is 54.1 Å². The van der Waals surface area contributed by atoms with Crippen LogP contribution >= 0.6 is 0 Å². The first kappa shape index (κ1) is 19.0. The van der Waals surface area contributed by atoms with E-state index in [-0.39, 0.29) is 12.3 Å². The molecule has 1 saturated heterocycles. The van der Waals surface area contributed by atoms with Gasteiger partial charge in [0.1, 0.15) is 5.75 Å². The smallest absolute Gasteiger partial charge is 0.416 e. The van der Waals surface area contributed by atoms with Crippen LogP contribution in [0.5, 0.6) is 5.75 Å². The molecule has 1 aliphatic rings. The lowest BCUT2D eigenvalue weighted by atomic mass is 10.1. The molecule has 0 unspecified atom stereocenters. The number of carbonyl (C=O) groups excluding carboxylic acids is 1. The number of hydrogen-bond acceptors (Lipinski definition) is 4. The molecular weight excluding hydrogens is 361 g/mol. The van der Waals surface area contributed by atoms with Gasteiger partial charge in [-0.05, 0) is 30.3 Å². The predicted octanol–water partition coefficient (Wildman–Crippen LogP) is 3.56. The van der Waals surface area contributed by atoms with E-state index in [9.17, 15) is 18.0 Å². The van der Waals surface area contributed by atoms with Crippen molar-refractivity contribution in [2.24, 2.45) is 0 Å². The van der Waals surface area contributed by atoms with E-state index < -0.39 is 17.6 Å². The molecule has 5 nitrogen and oxygen atoms in total. The van der Waals surface area contributed by atoms with Crippen molar-refractivity contribution >= 4 is 17.3 Å². The van der Waals surface area contributed by atoms with Gasteiger partial charge in [0, 0.05) is 13.1 Å². The van der Waals surface area contributed by atoms with Gasteiger partial charge in [-0.15, -0.1) is 0 Å². The van der Waals surface area contributed by atoms with E-state index in [1.165, 1.54) is 6.07 Å². The van der Waals surface area contributed by atoms with Crippen LogP contribution in [-0.2, 0) is 15.7 Å². The number of nitrogens with one attached hydrogen (secondary N) is 1. The molecule has 0 saturated carbocycles. The molecule has 0 aromatic heterocycles. The number of carbonyl (C=O) groups is 1. The Morgan fingerprint density at radius 2 is 1.81 bits per heavy atom. The molecule has 1 amide bonds. The van der Waals surface area contributed by atoms with E-state index in [1.807, 2.05) is 11.0 Å². The molecule has 0 radical (unpaired) electrons. The van der Waals surface area contributed by atoms with Gasteiger partial charge >= 0.3 is 6.18 Å². The van der Waals surface area contributed by atoms with Gasteiger partial charge in [0.2, 0.25) is 0 Å². The molecule has 1 heterocycles. The van der Waals surface area contributed by atoms with Crippen LogP contribution in [0.25, 0.3) is 0 Å². The first-order chi connectivity index (χ1) is 12.9. The van der Waals surface area contributed by atoms with E-state index >= 15 is 0 Å². The summed E-state index contributed by atoms with van der Waals surface area (Å²) in [6.07, 6.45) is -4.50. The third-order valence-electron chi connectivity index (χ3n) is 4.06. The summed E-state index contributed by atoms with van der Waals surface area (Å²) in [7, 11) is 0. The number of hydrogen-bond donors (Lipinski definition) is 1.